The molecule has 0 unspecified atom stereocenters. The van der Waals surface area contributed by atoms with E-state index in [4.69, 9.17) is 4.42 Å². The number of furan rings is 1. The maximum absolute atomic E-state index is 5.88. The molecular formula is C16H18OS. The van der Waals surface area contributed by atoms with Crippen molar-refractivity contribution >= 4 is 32.0 Å². The van der Waals surface area contributed by atoms with Crippen LogP contribution in [0.4, 0.5) is 0 Å². The van der Waals surface area contributed by atoms with Gasteiger partial charge in [-0.1, -0.05) is 11.6 Å². The van der Waals surface area contributed by atoms with Crippen LogP contribution in [-0.4, -0.2) is 18.8 Å². The molecule has 2 heteroatoms. The number of fused-ring (bicyclic) bond motifs is 3. The number of hydrogen-bond acceptors (Lipinski definition) is 1. The molecule has 0 spiro atoms. The zero-order valence-electron chi connectivity index (χ0n) is 11.3. The first-order valence-electron chi connectivity index (χ1n) is 6.06. The lowest BCUT2D eigenvalue weighted by atomic mass is 10.1. The van der Waals surface area contributed by atoms with Crippen molar-refractivity contribution < 1.29 is 4.42 Å². The Morgan fingerprint density at radius 1 is 0.833 bits per heavy atom. The van der Waals surface area contributed by atoms with Gasteiger partial charge in [-0.3, -0.25) is 0 Å². The lowest BCUT2D eigenvalue weighted by Gasteiger charge is -2.25. The fraction of sp³-hybridized carbons (Fsp3) is 0.250. The molecule has 0 aliphatic heterocycles. The van der Waals surface area contributed by atoms with Gasteiger partial charge >= 0.3 is 0 Å². The molecule has 18 heavy (non-hydrogen) atoms. The molecule has 1 nitrogen and oxygen atoms in total. The molecule has 0 saturated carbocycles. The van der Waals surface area contributed by atoms with Crippen LogP contribution in [0.2, 0.25) is 0 Å². The monoisotopic (exact) mass is 258 g/mol. The molecule has 0 fully saturated rings. The van der Waals surface area contributed by atoms with E-state index in [0.717, 1.165) is 11.2 Å². The maximum atomic E-state index is 5.88. The van der Waals surface area contributed by atoms with Crippen molar-refractivity contribution in [1.29, 1.82) is 0 Å². The molecule has 0 aliphatic carbocycles. The summed E-state index contributed by atoms with van der Waals surface area (Å²) >= 11 is 0. The predicted molar refractivity (Wildman–Crippen MR) is 82.1 cm³/mol. The maximum Gasteiger partial charge on any atom is 0.135 e. The first-order chi connectivity index (χ1) is 8.45. The summed E-state index contributed by atoms with van der Waals surface area (Å²) in [6.45, 7) is 2.12. The Labute approximate surface area is 109 Å². The SMILES string of the molecule is Cc1ccc2oc3ccc(S(C)(C)C)cc3c2c1. The minimum Gasteiger partial charge on any atom is -0.456 e. The number of hydrogen-bond donors (Lipinski definition) is 0. The second-order valence-corrected chi connectivity index (χ2v) is 9.74. The van der Waals surface area contributed by atoms with Crippen LogP contribution in [0.1, 0.15) is 5.56 Å². The smallest absolute Gasteiger partial charge is 0.135 e. The van der Waals surface area contributed by atoms with E-state index in [1.807, 2.05) is 0 Å². The molecule has 1 aromatic heterocycles. The molecule has 0 N–H and O–H groups in total. The van der Waals surface area contributed by atoms with Crippen molar-refractivity contribution in [2.75, 3.05) is 18.8 Å². The van der Waals surface area contributed by atoms with E-state index in [9.17, 15) is 0 Å². The van der Waals surface area contributed by atoms with Crippen molar-refractivity contribution in [2.45, 2.75) is 11.8 Å². The van der Waals surface area contributed by atoms with Crippen molar-refractivity contribution in [3.8, 4) is 0 Å². The minimum absolute atomic E-state index is 0.693. The third-order valence-electron chi connectivity index (χ3n) is 3.30. The third kappa shape index (κ3) is 1.81. The topological polar surface area (TPSA) is 13.1 Å². The molecule has 0 atom stereocenters. The molecule has 0 saturated heterocycles. The molecular weight excluding hydrogens is 240 g/mol. The summed E-state index contributed by atoms with van der Waals surface area (Å²) < 4.78 is 5.88. The van der Waals surface area contributed by atoms with E-state index in [-0.39, 0.29) is 0 Å². The van der Waals surface area contributed by atoms with E-state index >= 15 is 0 Å². The van der Waals surface area contributed by atoms with Gasteiger partial charge in [0.05, 0.1) is 0 Å². The number of benzene rings is 2. The van der Waals surface area contributed by atoms with Crippen LogP contribution in [-0.2, 0) is 0 Å². The summed E-state index contributed by atoms with van der Waals surface area (Å²) in [5, 5.41) is 2.48. The molecule has 3 aromatic rings. The van der Waals surface area contributed by atoms with Crippen LogP contribution < -0.4 is 0 Å². The second-order valence-electron chi connectivity index (χ2n) is 5.60. The fourth-order valence-electron chi connectivity index (χ4n) is 2.25. The van der Waals surface area contributed by atoms with Gasteiger partial charge in [-0.15, -0.1) is 0 Å². The van der Waals surface area contributed by atoms with Gasteiger partial charge in [-0.2, -0.15) is 0 Å². The van der Waals surface area contributed by atoms with E-state index < -0.39 is 10.0 Å². The van der Waals surface area contributed by atoms with Crippen LogP contribution in [0.3, 0.4) is 0 Å². The highest BCUT2D eigenvalue weighted by atomic mass is 32.3. The highest BCUT2D eigenvalue weighted by Gasteiger charge is 2.12. The van der Waals surface area contributed by atoms with Crippen molar-refractivity contribution in [3.05, 3.63) is 42.0 Å². The Hall–Kier alpha value is -1.41. The lowest BCUT2D eigenvalue weighted by Crippen LogP contribution is -1.91. The van der Waals surface area contributed by atoms with Gasteiger partial charge in [0.25, 0.3) is 0 Å². The third-order valence-corrected chi connectivity index (χ3v) is 4.97. The van der Waals surface area contributed by atoms with Crippen molar-refractivity contribution in [2.24, 2.45) is 0 Å². The summed E-state index contributed by atoms with van der Waals surface area (Å²) in [7, 11) is -0.693. The van der Waals surface area contributed by atoms with E-state index in [0.29, 0.717) is 0 Å². The van der Waals surface area contributed by atoms with Gasteiger partial charge < -0.3 is 4.42 Å². The van der Waals surface area contributed by atoms with Crippen LogP contribution in [0.25, 0.3) is 21.9 Å². The number of aryl methyl sites for hydroxylation is 1. The quantitative estimate of drug-likeness (QED) is 0.602. The molecule has 0 radical (unpaired) electrons. The Morgan fingerprint density at radius 2 is 1.44 bits per heavy atom. The van der Waals surface area contributed by atoms with E-state index in [2.05, 4.69) is 62.1 Å². The standard InChI is InChI=1S/C16H18OS/c1-11-5-7-15-13(9-11)14-10-12(18(2,3)4)6-8-16(14)17-15/h5-10H,1-4H3. The Balaban J connectivity index is 2.38. The summed E-state index contributed by atoms with van der Waals surface area (Å²) in [6.07, 6.45) is 6.96. The normalized spacial score (nSPS) is 13.3. The Bertz CT molecular complexity index is 732. The van der Waals surface area contributed by atoms with Crippen LogP contribution in [0.5, 0.6) is 0 Å². The summed E-state index contributed by atoms with van der Waals surface area (Å²) in [5.74, 6) is 0. The largest absolute Gasteiger partial charge is 0.456 e. The van der Waals surface area contributed by atoms with Crippen LogP contribution in [0.15, 0.2) is 45.7 Å². The average molecular weight is 258 g/mol. The van der Waals surface area contributed by atoms with Crippen molar-refractivity contribution in [1.82, 2.24) is 0 Å². The molecule has 2 aromatic carbocycles. The van der Waals surface area contributed by atoms with Crippen molar-refractivity contribution in [3.63, 3.8) is 0 Å². The first kappa shape index (κ1) is 11.7. The van der Waals surface area contributed by atoms with Gasteiger partial charge in [-0.05, 0) is 60.9 Å². The average Bonchev–Trinajstić information content (AvgIpc) is 2.65. The van der Waals surface area contributed by atoms with Gasteiger partial charge in [0, 0.05) is 10.8 Å². The molecule has 1 heterocycles. The molecule has 94 valence electrons. The van der Waals surface area contributed by atoms with Gasteiger partial charge in [0.2, 0.25) is 0 Å². The van der Waals surface area contributed by atoms with E-state index in [1.54, 1.807) is 0 Å². The summed E-state index contributed by atoms with van der Waals surface area (Å²) in [5.41, 5.74) is 3.25. The second kappa shape index (κ2) is 3.79. The fourth-order valence-corrected chi connectivity index (χ4v) is 3.20. The minimum atomic E-state index is -0.693. The molecule has 3 rings (SSSR count). The molecule has 0 aliphatic rings. The molecule has 0 bridgehead atoms. The summed E-state index contributed by atoms with van der Waals surface area (Å²) in [6, 6.07) is 13.0. The van der Waals surface area contributed by atoms with E-state index in [1.165, 1.54) is 21.2 Å². The highest BCUT2D eigenvalue weighted by molar-refractivity contribution is 8.32. The van der Waals surface area contributed by atoms with Gasteiger partial charge in [0.1, 0.15) is 11.2 Å². The number of rotatable bonds is 1. The zero-order chi connectivity index (χ0) is 12.9. The highest BCUT2D eigenvalue weighted by Crippen LogP contribution is 2.46. The lowest BCUT2D eigenvalue weighted by molar-refractivity contribution is 0.668. The molecule has 0 amide bonds. The van der Waals surface area contributed by atoms with Gasteiger partial charge in [-0.25, -0.2) is 10.0 Å². The Kier molecular flexibility index (Phi) is 2.46. The van der Waals surface area contributed by atoms with Gasteiger partial charge in [0.15, 0.2) is 0 Å². The van der Waals surface area contributed by atoms with Crippen LogP contribution in [0, 0.1) is 6.92 Å². The Morgan fingerprint density at radius 3 is 2.11 bits per heavy atom. The summed E-state index contributed by atoms with van der Waals surface area (Å²) in [4.78, 5) is 1.43. The van der Waals surface area contributed by atoms with Crippen LogP contribution >= 0.6 is 10.0 Å². The zero-order valence-corrected chi connectivity index (χ0v) is 12.1. The first-order valence-corrected chi connectivity index (χ1v) is 8.92. The predicted octanol–water partition coefficient (Wildman–Crippen LogP) is 4.95.